The Balaban J connectivity index is 2.89. The van der Waals surface area contributed by atoms with Crippen molar-refractivity contribution in [2.75, 3.05) is 7.05 Å². The quantitative estimate of drug-likeness (QED) is 0.675. The molecule has 1 nitrogen and oxygen atoms in total. The fourth-order valence-corrected chi connectivity index (χ4v) is 1.46. The predicted molar refractivity (Wildman–Crippen MR) is 49.4 cm³/mol. The number of halogens is 2. The minimum atomic E-state index is 0.663. The summed E-state index contributed by atoms with van der Waals surface area (Å²) in [6.07, 6.45) is 0. The molecule has 0 aromatic heterocycles. The molecular formula is C8H8Cl2N-. The molecule has 11 heavy (non-hydrogen) atoms. The summed E-state index contributed by atoms with van der Waals surface area (Å²) in [5, 5.41) is 5.30. The number of nitrogens with zero attached hydrogens (tertiary/aromatic N) is 1. The molecule has 1 aromatic carbocycles. The average molecular weight is 189 g/mol. The highest BCUT2D eigenvalue weighted by atomic mass is 35.5. The first-order chi connectivity index (χ1) is 5.22. The van der Waals surface area contributed by atoms with Crippen LogP contribution in [0.2, 0.25) is 10.0 Å². The molecule has 0 unspecified atom stereocenters. The van der Waals surface area contributed by atoms with Crippen molar-refractivity contribution in [3.05, 3.63) is 39.1 Å². The highest BCUT2D eigenvalue weighted by molar-refractivity contribution is 6.34. The average Bonchev–Trinajstić information content (AvgIpc) is 1.85. The van der Waals surface area contributed by atoms with Gasteiger partial charge in [-0.2, -0.15) is 7.05 Å². The van der Waals surface area contributed by atoms with Crippen molar-refractivity contribution in [1.29, 1.82) is 0 Å². The molecule has 0 fully saturated rings. The van der Waals surface area contributed by atoms with Gasteiger partial charge in [0.15, 0.2) is 0 Å². The summed E-state index contributed by atoms with van der Waals surface area (Å²) in [5.74, 6) is 0. The van der Waals surface area contributed by atoms with Crippen molar-refractivity contribution in [3.8, 4) is 0 Å². The Morgan fingerprint density at radius 3 is 2.18 bits per heavy atom. The van der Waals surface area contributed by atoms with Gasteiger partial charge in [0.1, 0.15) is 0 Å². The number of benzene rings is 1. The van der Waals surface area contributed by atoms with E-state index < -0.39 is 0 Å². The van der Waals surface area contributed by atoms with Crippen molar-refractivity contribution in [2.45, 2.75) is 6.54 Å². The van der Waals surface area contributed by atoms with E-state index in [1.54, 1.807) is 13.1 Å². The van der Waals surface area contributed by atoms with E-state index in [4.69, 9.17) is 23.2 Å². The summed E-state index contributed by atoms with van der Waals surface area (Å²) in [5.41, 5.74) is 1.05. The molecule has 0 aliphatic carbocycles. The van der Waals surface area contributed by atoms with E-state index >= 15 is 0 Å². The van der Waals surface area contributed by atoms with Gasteiger partial charge in [-0.3, -0.25) is 0 Å². The molecule has 1 rings (SSSR count). The molecule has 0 heterocycles. The maximum atomic E-state index is 5.76. The standard InChI is InChI=1S/C8H8Cl2N/c1-11-5-6-2-7(9)4-8(10)3-6/h2-4H,5H2,1H3/q-1. The summed E-state index contributed by atoms with van der Waals surface area (Å²) in [6, 6.07) is 5.43. The van der Waals surface area contributed by atoms with Gasteiger partial charge >= 0.3 is 0 Å². The number of rotatable bonds is 2. The fraction of sp³-hybridized carbons (Fsp3) is 0.250. The van der Waals surface area contributed by atoms with Crippen LogP contribution in [0.3, 0.4) is 0 Å². The van der Waals surface area contributed by atoms with E-state index in [9.17, 15) is 0 Å². The maximum absolute atomic E-state index is 5.76. The first-order valence-corrected chi connectivity index (χ1v) is 3.98. The van der Waals surface area contributed by atoms with Gasteiger partial charge < -0.3 is 5.32 Å². The van der Waals surface area contributed by atoms with Crippen LogP contribution < -0.4 is 0 Å². The predicted octanol–water partition coefficient (Wildman–Crippen LogP) is 3.50. The van der Waals surface area contributed by atoms with E-state index in [2.05, 4.69) is 5.32 Å². The minimum Gasteiger partial charge on any atom is -0.661 e. The lowest BCUT2D eigenvalue weighted by atomic mass is 10.2. The van der Waals surface area contributed by atoms with Crippen molar-refractivity contribution < 1.29 is 0 Å². The smallest absolute Gasteiger partial charge is 0.0422 e. The first kappa shape index (κ1) is 8.85. The third-order valence-corrected chi connectivity index (χ3v) is 1.70. The summed E-state index contributed by atoms with van der Waals surface area (Å²) in [7, 11) is 1.76. The molecule has 0 saturated carbocycles. The zero-order valence-electron chi connectivity index (χ0n) is 6.14. The fourth-order valence-electron chi connectivity index (χ4n) is 0.885. The lowest BCUT2D eigenvalue weighted by Crippen LogP contribution is -1.81. The molecule has 60 valence electrons. The number of hydrogen-bond acceptors (Lipinski definition) is 0. The van der Waals surface area contributed by atoms with Gasteiger partial charge in [0.05, 0.1) is 0 Å². The maximum Gasteiger partial charge on any atom is 0.0422 e. The van der Waals surface area contributed by atoms with E-state index in [-0.39, 0.29) is 0 Å². The topological polar surface area (TPSA) is 14.1 Å². The van der Waals surface area contributed by atoms with Crippen molar-refractivity contribution >= 4 is 23.2 Å². The van der Waals surface area contributed by atoms with Gasteiger partial charge in [-0.05, 0) is 18.2 Å². The molecule has 0 amide bonds. The van der Waals surface area contributed by atoms with Crippen LogP contribution in [0.5, 0.6) is 0 Å². The molecule has 3 heteroatoms. The second-order valence-electron chi connectivity index (χ2n) is 2.25. The summed E-state index contributed by atoms with van der Waals surface area (Å²) < 4.78 is 0. The van der Waals surface area contributed by atoms with Gasteiger partial charge in [-0.15, -0.1) is 6.54 Å². The van der Waals surface area contributed by atoms with Gasteiger partial charge in [0, 0.05) is 10.0 Å². The zero-order chi connectivity index (χ0) is 8.27. The summed E-state index contributed by atoms with van der Waals surface area (Å²) in [4.78, 5) is 0. The van der Waals surface area contributed by atoms with Crippen LogP contribution in [0.15, 0.2) is 18.2 Å². The van der Waals surface area contributed by atoms with Crippen molar-refractivity contribution in [2.24, 2.45) is 0 Å². The molecule has 0 radical (unpaired) electrons. The second kappa shape index (κ2) is 3.96. The molecule has 0 saturated heterocycles. The van der Waals surface area contributed by atoms with Crippen molar-refractivity contribution in [3.63, 3.8) is 0 Å². The molecule has 0 bridgehead atoms. The van der Waals surface area contributed by atoms with E-state index in [0.717, 1.165) is 5.56 Å². The lowest BCUT2D eigenvalue weighted by molar-refractivity contribution is 1.19. The molecule has 0 N–H and O–H groups in total. The highest BCUT2D eigenvalue weighted by Crippen LogP contribution is 2.19. The van der Waals surface area contributed by atoms with Gasteiger partial charge in [0.2, 0.25) is 0 Å². The normalized spacial score (nSPS) is 10.1. The Hall–Kier alpha value is -0.240. The van der Waals surface area contributed by atoms with Crippen LogP contribution in [-0.4, -0.2) is 7.05 Å². The van der Waals surface area contributed by atoms with Crippen LogP contribution in [0.4, 0.5) is 0 Å². The van der Waals surface area contributed by atoms with Crippen molar-refractivity contribution in [1.82, 2.24) is 0 Å². The molecule has 0 spiro atoms. The third-order valence-electron chi connectivity index (χ3n) is 1.26. The van der Waals surface area contributed by atoms with Crippen LogP contribution >= 0.6 is 23.2 Å². The van der Waals surface area contributed by atoms with Gasteiger partial charge in [0.25, 0.3) is 0 Å². The first-order valence-electron chi connectivity index (χ1n) is 3.23. The zero-order valence-corrected chi connectivity index (χ0v) is 7.65. The minimum absolute atomic E-state index is 0.663. The van der Waals surface area contributed by atoms with Crippen LogP contribution in [-0.2, 0) is 6.54 Å². The monoisotopic (exact) mass is 188 g/mol. The Kier molecular flexibility index (Phi) is 3.18. The van der Waals surface area contributed by atoms with Crippen LogP contribution in [0, 0.1) is 0 Å². The Morgan fingerprint density at radius 2 is 1.73 bits per heavy atom. The second-order valence-corrected chi connectivity index (χ2v) is 3.12. The molecule has 0 aliphatic heterocycles. The van der Waals surface area contributed by atoms with E-state index in [1.165, 1.54) is 0 Å². The Morgan fingerprint density at radius 1 is 1.18 bits per heavy atom. The van der Waals surface area contributed by atoms with Gasteiger partial charge in [-0.25, -0.2) is 0 Å². The molecular weight excluding hydrogens is 181 g/mol. The van der Waals surface area contributed by atoms with Crippen LogP contribution in [0.25, 0.3) is 5.32 Å². The Bertz CT molecular complexity index is 228. The third kappa shape index (κ3) is 2.70. The molecule has 0 atom stereocenters. The van der Waals surface area contributed by atoms with Crippen LogP contribution in [0.1, 0.15) is 5.56 Å². The summed E-state index contributed by atoms with van der Waals surface area (Å²) in [6.45, 7) is 0.667. The molecule has 0 aliphatic rings. The Labute approximate surface area is 76.3 Å². The van der Waals surface area contributed by atoms with Gasteiger partial charge in [-0.1, -0.05) is 28.8 Å². The van der Waals surface area contributed by atoms with E-state index in [1.807, 2.05) is 12.1 Å². The van der Waals surface area contributed by atoms with E-state index in [0.29, 0.717) is 16.6 Å². The highest BCUT2D eigenvalue weighted by Gasteiger charge is 1.92. The summed E-state index contributed by atoms with van der Waals surface area (Å²) >= 11 is 11.5. The number of hydrogen-bond donors (Lipinski definition) is 0. The SMILES string of the molecule is C[N-]Cc1cc(Cl)cc(Cl)c1. The molecule has 1 aromatic rings. The largest absolute Gasteiger partial charge is 0.661 e. The lowest BCUT2D eigenvalue weighted by Gasteiger charge is -2.11.